The first-order chi connectivity index (χ1) is 14.1. The summed E-state index contributed by atoms with van der Waals surface area (Å²) >= 11 is 0. The van der Waals surface area contributed by atoms with Crippen LogP contribution >= 0.6 is 0 Å². The number of anilines is 1. The van der Waals surface area contributed by atoms with Crippen LogP contribution in [0.15, 0.2) is 30.3 Å². The molecule has 3 atom stereocenters. The van der Waals surface area contributed by atoms with E-state index < -0.39 is 0 Å². The van der Waals surface area contributed by atoms with Crippen molar-refractivity contribution >= 4 is 17.6 Å². The fourth-order valence-corrected chi connectivity index (χ4v) is 4.88. The van der Waals surface area contributed by atoms with Crippen LogP contribution in [0.3, 0.4) is 0 Å². The number of carbonyl (C=O) groups excluding carboxylic acids is 2. The molecule has 7 heteroatoms. The van der Waals surface area contributed by atoms with Crippen molar-refractivity contribution in [3.05, 3.63) is 30.3 Å². The van der Waals surface area contributed by atoms with Crippen molar-refractivity contribution in [3.8, 4) is 0 Å². The number of para-hydroxylation sites is 1. The molecule has 7 nitrogen and oxygen atoms in total. The van der Waals surface area contributed by atoms with E-state index in [0.29, 0.717) is 6.54 Å². The third-order valence-electron chi connectivity index (χ3n) is 6.44. The van der Waals surface area contributed by atoms with E-state index in [4.69, 9.17) is 0 Å². The van der Waals surface area contributed by atoms with Gasteiger partial charge in [0.05, 0.1) is 0 Å². The molecule has 0 aromatic heterocycles. The second-order valence-corrected chi connectivity index (χ2v) is 8.35. The molecule has 3 aliphatic heterocycles. The van der Waals surface area contributed by atoms with E-state index in [1.165, 1.54) is 17.7 Å². The van der Waals surface area contributed by atoms with Gasteiger partial charge in [0.2, 0.25) is 0 Å². The summed E-state index contributed by atoms with van der Waals surface area (Å²) in [5.41, 5.74) is 1.14. The number of hydrogen-bond donors (Lipinski definition) is 1. The van der Waals surface area contributed by atoms with Crippen molar-refractivity contribution in [1.29, 1.82) is 0 Å². The smallest absolute Gasteiger partial charge is 0.327 e. The van der Waals surface area contributed by atoms with Crippen molar-refractivity contribution in [3.63, 3.8) is 0 Å². The van der Waals surface area contributed by atoms with E-state index >= 15 is 0 Å². The van der Waals surface area contributed by atoms with Gasteiger partial charge in [-0.25, -0.2) is 4.79 Å². The number of likely N-dealkylation sites (N-methyl/N-ethyl adjacent to an activating group) is 1. The van der Waals surface area contributed by atoms with Gasteiger partial charge in [-0.1, -0.05) is 50.8 Å². The van der Waals surface area contributed by atoms with E-state index in [1.54, 1.807) is 4.90 Å². The first-order valence-corrected chi connectivity index (χ1v) is 11.0. The number of amides is 3. The van der Waals surface area contributed by atoms with Gasteiger partial charge >= 0.3 is 6.03 Å². The van der Waals surface area contributed by atoms with Crippen LogP contribution in [0.2, 0.25) is 0 Å². The van der Waals surface area contributed by atoms with Gasteiger partial charge in [0.15, 0.2) is 0 Å². The summed E-state index contributed by atoms with van der Waals surface area (Å²) in [4.78, 5) is 34.0. The van der Waals surface area contributed by atoms with Gasteiger partial charge in [-0.2, -0.15) is 0 Å². The standard InChI is InChI=1S/C22H33N5O2/c1-3-4-5-6-10-14-27-20(28)18-19(24(2)22(27)29)23-21-25(15-11-16-26(18)21)17-12-8-7-9-13-17/h7-9,12-13,18-19,21,23H,3-6,10-11,14-16H2,1-2H3. The summed E-state index contributed by atoms with van der Waals surface area (Å²) in [6.07, 6.45) is 6.17. The lowest BCUT2D eigenvalue weighted by atomic mass is 10.1. The molecule has 1 aromatic carbocycles. The minimum absolute atomic E-state index is 0.0431. The lowest BCUT2D eigenvalue weighted by Crippen LogP contribution is -2.66. The second-order valence-electron chi connectivity index (χ2n) is 8.35. The molecule has 3 unspecified atom stereocenters. The highest BCUT2D eigenvalue weighted by Gasteiger charge is 2.55. The number of nitrogens with one attached hydrogen (secondary N) is 1. The second kappa shape index (κ2) is 8.71. The van der Waals surface area contributed by atoms with Crippen LogP contribution < -0.4 is 10.2 Å². The van der Waals surface area contributed by atoms with Crippen LogP contribution in [0.5, 0.6) is 0 Å². The van der Waals surface area contributed by atoms with Crippen LogP contribution in [0.25, 0.3) is 0 Å². The maximum absolute atomic E-state index is 13.4. The maximum Gasteiger partial charge on any atom is 0.327 e. The maximum atomic E-state index is 13.4. The van der Waals surface area contributed by atoms with Gasteiger partial charge in [0.1, 0.15) is 18.5 Å². The summed E-state index contributed by atoms with van der Waals surface area (Å²) in [5.74, 6) is -0.0431. The zero-order valence-corrected chi connectivity index (χ0v) is 17.6. The van der Waals surface area contributed by atoms with Crippen LogP contribution in [-0.4, -0.2) is 71.8 Å². The SMILES string of the molecule is CCCCCCCN1C(=O)C2C(NC3N(c4ccccc4)CCCN23)N(C)C1=O. The zero-order chi connectivity index (χ0) is 20.4. The average molecular weight is 400 g/mol. The molecule has 3 fully saturated rings. The molecule has 0 saturated carbocycles. The predicted octanol–water partition coefficient (Wildman–Crippen LogP) is 2.64. The van der Waals surface area contributed by atoms with Crippen molar-refractivity contribution in [2.24, 2.45) is 0 Å². The molecule has 3 heterocycles. The Bertz CT molecular complexity index is 727. The van der Waals surface area contributed by atoms with Gasteiger partial charge < -0.3 is 9.80 Å². The molecule has 29 heavy (non-hydrogen) atoms. The van der Waals surface area contributed by atoms with Crippen molar-refractivity contribution in [1.82, 2.24) is 20.0 Å². The molecule has 3 saturated heterocycles. The highest BCUT2D eigenvalue weighted by atomic mass is 16.2. The molecule has 1 N–H and O–H groups in total. The molecule has 1 aromatic rings. The summed E-state index contributed by atoms with van der Waals surface area (Å²) in [5, 5.41) is 3.57. The number of carbonyl (C=O) groups is 2. The number of fused-ring (bicyclic) bond motifs is 3. The third-order valence-corrected chi connectivity index (χ3v) is 6.44. The number of nitrogens with zero attached hydrogens (tertiary/aromatic N) is 4. The Kier molecular flexibility index (Phi) is 6.06. The molecular weight excluding hydrogens is 366 g/mol. The molecule has 3 amide bonds. The van der Waals surface area contributed by atoms with E-state index in [2.05, 4.69) is 34.2 Å². The van der Waals surface area contributed by atoms with Gasteiger partial charge in [0.25, 0.3) is 5.91 Å². The summed E-state index contributed by atoms with van der Waals surface area (Å²) in [6, 6.07) is 9.81. The minimum atomic E-state index is -0.315. The Morgan fingerprint density at radius 3 is 2.55 bits per heavy atom. The number of rotatable bonds is 7. The lowest BCUT2D eigenvalue weighted by Gasteiger charge is -2.43. The lowest BCUT2D eigenvalue weighted by molar-refractivity contribution is -0.138. The largest absolute Gasteiger partial charge is 0.343 e. The molecule has 0 spiro atoms. The molecule has 158 valence electrons. The number of imide groups is 1. The van der Waals surface area contributed by atoms with Crippen LogP contribution in [0.4, 0.5) is 10.5 Å². The fourth-order valence-electron chi connectivity index (χ4n) is 4.88. The Hall–Kier alpha value is -2.12. The van der Waals surface area contributed by atoms with E-state index in [-0.39, 0.29) is 30.4 Å². The monoisotopic (exact) mass is 399 g/mol. The normalized spacial score (nSPS) is 27.4. The average Bonchev–Trinajstić information content (AvgIpc) is 3.15. The number of unbranched alkanes of at least 4 members (excludes halogenated alkanes) is 4. The van der Waals surface area contributed by atoms with Crippen LogP contribution in [-0.2, 0) is 4.79 Å². The first kappa shape index (κ1) is 20.2. The third kappa shape index (κ3) is 3.73. The zero-order valence-electron chi connectivity index (χ0n) is 17.6. The first-order valence-electron chi connectivity index (χ1n) is 11.0. The number of benzene rings is 1. The van der Waals surface area contributed by atoms with E-state index in [0.717, 1.165) is 44.5 Å². The van der Waals surface area contributed by atoms with E-state index in [1.807, 2.05) is 25.2 Å². The molecule has 0 radical (unpaired) electrons. The van der Waals surface area contributed by atoms with Gasteiger partial charge in [-0.15, -0.1) is 0 Å². The van der Waals surface area contributed by atoms with Crippen LogP contribution in [0.1, 0.15) is 45.4 Å². The Morgan fingerprint density at radius 2 is 1.79 bits per heavy atom. The summed E-state index contributed by atoms with van der Waals surface area (Å²) in [6.45, 7) is 4.51. The molecule has 4 rings (SSSR count). The number of hydrogen-bond acceptors (Lipinski definition) is 5. The fraction of sp³-hybridized carbons (Fsp3) is 0.636. The van der Waals surface area contributed by atoms with Crippen molar-refractivity contribution in [2.45, 2.75) is 63.9 Å². The van der Waals surface area contributed by atoms with Crippen molar-refractivity contribution in [2.75, 3.05) is 31.6 Å². The van der Waals surface area contributed by atoms with Gasteiger partial charge in [0, 0.05) is 32.4 Å². The topological polar surface area (TPSA) is 59.1 Å². The molecule has 0 bridgehead atoms. The van der Waals surface area contributed by atoms with Crippen molar-refractivity contribution < 1.29 is 9.59 Å². The Balaban J connectivity index is 1.50. The molecule has 3 aliphatic rings. The Labute approximate surface area is 173 Å². The van der Waals surface area contributed by atoms with Crippen LogP contribution in [0, 0.1) is 0 Å². The molecule has 0 aliphatic carbocycles. The van der Waals surface area contributed by atoms with E-state index in [9.17, 15) is 9.59 Å². The quantitative estimate of drug-likeness (QED) is 0.715. The summed E-state index contributed by atoms with van der Waals surface area (Å²) in [7, 11) is 1.81. The minimum Gasteiger partial charge on any atom is -0.343 e. The Morgan fingerprint density at radius 1 is 1.03 bits per heavy atom. The highest BCUT2D eigenvalue weighted by molar-refractivity contribution is 6.00. The van der Waals surface area contributed by atoms with Gasteiger partial charge in [-0.05, 0) is 25.0 Å². The van der Waals surface area contributed by atoms with Gasteiger partial charge in [-0.3, -0.25) is 19.9 Å². The summed E-state index contributed by atoms with van der Waals surface area (Å²) < 4.78 is 0. The molecular formula is C22H33N5O2. The number of urea groups is 1. The predicted molar refractivity (Wildman–Crippen MR) is 113 cm³/mol. The highest BCUT2D eigenvalue weighted by Crippen LogP contribution is 2.33.